The quantitative estimate of drug-likeness (QED) is 0.629. The van der Waals surface area contributed by atoms with Crippen LogP contribution in [0.5, 0.6) is 0 Å². The Labute approximate surface area is 167 Å². The van der Waals surface area contributed by atoms with Gasteiger partial charge in [0.1, 0.15) is 6.54 Å². The Balaban J connectivity index is 1.82. The predicted octanol–water partition coefficient (Wildman–Crippen LogP) is 2.88. The number of sulfonamides is 1. The number of nitrogens with zero attached hydrogens (tertiary/aromatic N) is 2. The molecule has 1 aliphatic heterocycles. The van der Waals surface area contributed by atoms with E-state index < -0.39 is 10.0 Å². The third-order valence-corrected chi connectivity index (χ3v) is 6.36. The molecule has 6 nitrogen and oxygen atoms in total. The fourth-order valence-corrected chi connectivity index (χ4v) is 4.50. The van der Waals surface area contributed by atoms with Gasteiger partial charge in [-0.25, -0.2) is 8.42 Å². The molecule has 1 fully saturated rings. The number of likely N-dealkylation sites (tertiary alicyclic amines) is 1. The van der Waals surface area contributed by atoms with Gasteiger partial charge >= 0.3 is 0 Å². The molecule has 1 atom stereocenters. The Morgan fingerprint density at radius 3 is 2.63 bits per heavy atom. The van der Waals surface area contributed by atoms with Crippen molar-refractivity contribution in [2.24, 2.45) is 0 Å². The molecule has 1 aromatic rings. The molecule has 0 aliphatic carbocycles. The number of hydrogen-bond donors (Lipinski definition) is 1. The van der Waals surface area contributed by atoms with Crippen molar-refractivity contribution in [1.29, 1.82) is 0 Å². The van der Waals surface area contributed by atoms with Gasteiger partial charge in [0.2, 0.25) is 15.9 Å². The van der Waals surface area contributed by atoms with E-state index in [4.69, 9.17) is 11.6 Å². The number of amides is 1. The molecular formula is C19H30ClN3O3S. The van der Waals surface area contributed by atoms with E-state index in [0.29, 0.717) is 23.3 Å². The lowest BCUT2D eigenvalue weighted by atomic mass is 10.00. The first-order valence-electron chi connectivity index (χ1n) is 9.55. The minimum atomic E-state index is -3.56. The van der Waals surface area contributed by atoms with Crippen LogP contribution in [-0.2, 0) is 14.8 Å². The molecule has 1 N–H and O–H groups in total. The van der Waals surface area contributed by atoms with Gasteiger partial charge in [-0.15, -0.1) is 0 Å². The molecule has 1 aromatic carbocycles. The van der Waals surface area contributed by atoms with Gasteiger partial charge < -0.3 is 10.2 Å². The van der Waals surface area contributed by atoms with Crippen LogP contribution in [0.25, 0.3) is 0 Å². The number of carbonyl (C=O) groups is 1. The standard InChI is InChI=1S/C19H30ClN3O3S/c1-3-17-7-4-5-13-22(17)14-6-12-21-19(24)15-23(27(2,25)26)18-10-8-16(20)9-11-18/h8-11,17H,3-7,12-15H2,1-2H3,(H,21,24). The topological polar surface area (TPSA) is 69.7 Å². The van der Waals surface area contributed by atoms with Crippen LogP contribution in [0, 0.1) is 0 Å². The molecular weight excluding hydrogens is 386 g/mol. The summed E-state index contributed by atoms with van der Waals surface area (Å²) in [5, 5.41) is 3.35. The molecule has 0 saturated carbocycles. The van der Waals surface area contributed by atoms with E-state index in [1.165, 1.54) is 19.3 Å². The lowest BCUT2D eigenvalue weighted by Gasteiger charge is -2.35. The SMILES string of the molecule is CCC1CCCCN1CCCNC(=O)CN(c1ccc(Cl)cc1)S(C)(=O)=O. The molecule has 0 radical (unpaired) electrons. The molecule has 8 heteroatoms. The average molecular weight is 416 g/mol. The van der Waals surface area contributed by atoms with Gasteiger partial charge in [0, 0.05) is 24.2 Å². The van der Waals surface area contributed by atoms with Crippen LogP contribution in [-0.4, -0.2) is 57.7 Å². The number of rotatable bonds is 9. The van der Waals surface area contributed by atoms with Gasteiger partial charge in [-0.3, -0.25) is 9.10 Å². The zero-order valence-electron chi connectivity index (χ0n) is 16.2. The summed E-state index contributed by atoms with van der Waals surface area (Å²) in [5.41, 5.74) is 0.427. The third kappa shape index (κ3) is 6.97. The Morgan fingerprint density at radius 1 is 1.30 bits per heavy atom. The highest BCUT2D eigenvalue weighted by Crippen LogP contribution is 2.20. The Morgan fingerprint density at radius 2 is 2.00 bits per heavy atom. The van der Waals surface area contributed by atoms with Crippen molar-refractivity contribution in [2.75, 3.05) is 36.7 Å². The maximum absolute atomic E-state index is 12.3. The second-order valence-electron chi connectivity index (χ2n) is 7.04. The maximum atomic E-state index is 12.3. The van der Waals surface area contributed by atoms with Crippen LogP contribution in [0.4, 0.5) is 5.69 Å². The molecule has 1 amide bonds. The second kappa shape index (κ2) is 10.3. The van der Waals surface area contributed by atoms with Crippen LogP contribution < -0.4 is 9.62 Å². The van der Waals surface area contributed by atoms with E-state index >= 15 is 0 Å². The van der Waals surface area contributed by atoms with Crippen LogP contribution >= 0.6 is 11.6 Å². The predicted molar refractivity (Wildman–Crippen MR) is 111 cm³/mol. The molecule has 1 saturated heterocycles. The zero-order chi connectivity index (χ0) is 19.9. The highest BCUT2D eigenvalue weighted by Gasteiger charge is 2.22. The molecule has 0 aromatic heterocycles. The first kappa shape index (κ1) is 22.0. The van der Waals surface area contributed by atoms with E-state index in [9.17, 15) is 13.2 Å². The zero-order valence-corrected chi connectivity index (χ0v) is 17.7. The molecule has 152 valence electrons. The lowest BCUT2D eigenvalue weighted by Crippen LogP contribution is -2.42. The van der Waals surface area contributed by atoms with Crippen LogP contribution in [0.3, 0.4) is 0 Å². The number of benzene rings is 1. The first-order chi connectivity index (χ1) is 12.8. The molecule has 0 bridgehead atoms. The summed E-state index contributed by atoms with van der Waals surface area (Å²) in [6.07, 6.45) is 6.92. The fraction of sp³-hybridized carbons (Fsp3) is 0.632. The molecule has 2 rings (SSSR count). The highest BCUT2D eigenvalue weighted by atomic mass is 35.5. The Bertz CT molecular complexity index is 709. The van der Waals surface area contributed by atoms with E-state index in [1.807, 2.05) is 0 Å². The molecule has 1 heterocycles. The number of carbonyl (C=O) groups excluding carboxylic acids is 1. The van der Waals surface area contributed by atoms with E-state index in [-0.39, 0.29) is 12.5 Å². The number of nitrogens with one attached hydrogen (secondary N) is 1. The molecule has 27 heavy (non-hydrogen) atoms. The summed E-state index contributed by atoms with van der Waals surface area (Å²) >= 11 is 5.85. The van der Waals surface area contributed by atoms with E-state index in [1.54, 1.807) is 24.3 Å². The van der Waals surface area contributed by atoms with Gasteiger partial charge in [-0.2, -0.15) is 0 Å². The third-order valence-electron chi connectivity index (χ3n) is 4.97. The van der Waals surface area contributed by atoms with Crippen LogP contribution in [0.2, 0.25) is 5.02 Å². The summed E-state index contributed by atoms with van der Waals surface area (Å²) in [6, 6.07) is 7.06. The lowest BCUT2D eigenvalue weighted by molar-refractivity contribution is -0.119. The smallest absolute Gasteiger partial charge is 0.240 e. The van der Waals surface area contributed by atoms with Gasteiger partial charge in [0.25, 0.3) is 0 Å². The van der Waals surface area contributed by atoms with Crippen LogP contribution in [0.15, 0.2) is 24.3 Å². The van der Waals surface area contributed by atoms with Crippen molar-refractivity contribution in [2.45, 2.75) is 45.1 Å². The molecule has 1 aliphatic rings. The second-order valence-corrected chi connectivity index (χ2v) is 9.39. The van der Waals surface area contributed by atoms with Crippen molar-refractivity contribution in [3.8, 4) is 0 Å². The normalized spacial score (nSPS) is 18.3. The van der Waals surface area contributed by atoms with Gasteiger partial charge in [-0.1, -0.05) is 24.9 Å². The van der Waals surface area contributed by atoms with Crippen molar-refractivity contribution in [3.05, 3.63) is 29.3 Å². The maximum Gasteiger partial charge on any atom is 0.240 e. The van der Waals surface area contributed by atoms with Gasteiger partial charge in [0.05, 0.1) is 11.9 Å². The summed E-state index contributed by atoms with van der Waals surface area (Å²) in [6.45, 7) is 4.63. The summed E-state index contributed by atoms with van der Waals surface area (Å²) < 4.78 is 25.2. The van der Waals surface area contributed by atoms with Crippen molar-refractivity contribution in [3.63, 3.8) is 0 Å². The Kier molecular flexibility index (Phi) is 8.38. The van der Waals surface area contributed by atoms with Crippen LogP contribution in [0.1, 0.15) is 39.0 Å². The van der Waals surface area contributed by atoms with E-state index in [2.05, 4.69) is 17.1 Å². The summed E-state index contributed by atoms with van der Waals surface area (Å²) in [7, 11) is -3.56. The number of hydrogen-bond acceptors (Lipinski definition) is 4. The fourth-order valence-electron chi connectivity index (χ4n) is 3.52. The number of anilines is 1. The molecule has 1 unspecified atom stereocenters. The minimum Gasteiger partial charge on any atom is -0.354 e. The summed E-state index contributed by atoms with van der Waals surface area (Å²) in [5.74, 6) is -0.305. The number of piperidine rings is 1. The monoisotopic (exact) mass is 415 g/mol. The van der Waals surface area contributed by atoms with E-state index in [0.717, 1.165) is 36.5 Å². The number of halogens is 1. The first-order valence-corrected chi connectivity index (χ1v) is 11.8. The van der Waals surface area contributed by atoms with Gasteiger partial charge in [-0.05, 0) is 56.5 Å². The highest BCUT2D eigenvalue weighted by molar-refractivity contribution is 7.92. The molecule has 0 spiro atoms. The summed E-state index contributed by atoms with van der Waals surface area (Å²) in [4.78, 5) is 14.8. The van der Waals surface area contributed by atoms with Gasteiger partial charge in [0.15, 0.2) is 0 Å². The van der Waals surface area contributed by atoms with Crippen molar-refractivity contribution < 1.29 is 13.2 Å². The van der Waals surface area contributed by atoms with Crippen molar-refractivity contribution >= 4 is 33.2 Å². The average Bonchev–Trinajstić information content (AvgIpc) is 2.63. The van der Waals surface area contributed by atoms with Crippen molar-refractivity contribution in [1.82, 2.24) is 10.2 Å². The minimum absolute atomic E-state index is 0.234. The Hall–Kier alpha value is -1.31. The largest absolute Gasteiger partial charge is 0.354 e.